The van der Waals surface area contributed by atoms with E-state index in [2.05, 4.69) is 20.5 Å². The molecule has 1 aliphatic carbocycles. The number of likely N-dealkylation sites (N-methyl/N-ethyl adjacent to an activating group) is 1. The zero-order valence-corrected chi connectivity index (χ0v) is 19.9. The molecule has 2 N–H and O–H groups in total. The van der Waals surface area contributed by atoms with Gasteiger partial charge in [0.1, 0.15) is 5.52 Å². The van der Waals surface area contributed by atoms with E-state index in [1.165, 1.54) is 38.2 Å². The number of aromatic nitrogens is 5. The Labute approximate surface area is 197 Å². The lowest BCUT2D eigenvalue weighted by atomic mass is 10.3. The van der Waals surface area contributed by atoms with Crippen LogP contribution in [0.3, 0.4) is 0 Å². The van der Waals surface area contributed by atoms with Gasteiger partial charge in [0.15, 0.2) is 0 Å². The maximum atomic E-state index is 11.7. The fraction of sp³-hybridized carbons (Fsp3) is 0.478. The molecule has 3 aromatic rings. The molecule has 0 aromatic carbocycles. The topological polar surface area (TPSA) is 100 Å². The van der Waals surface area contributed by atoms with Gasteiger partial charge in [-0.15, -0.1) is 0 Å². The number of hydrogen-bond acceptors (Lipinski definition) is 5. The van der Waals surface area contributed by atoms with Crippen LogP contribution in [0.15, 0.2) is 47.8 Å². The molecule has 1 saturated carbocycles. The number of nitrogens with zero attached hydrogens (tertiary/aromatic N) is 5. The highest BCUT2D eigenvalue weighted by Gasteiger charge is 2.06. The van der Waals surface area contributed by atoms with Crippen LogP contribution in [0.1, 0.15) is 32.1 Å². The van der Waals surface area contributed by atoms with Crippen molar-refractivity contribution in [1.29, 1.82) is 0 Å². The summed E-state index contributed by atoms with van der Waals surface area (Å²) in [7, 11) is 5.52. The van der Waals surface area contributed by atoms with Crippen molar-refractivity contribution in [3.63, 3.8) is 0 Å². The van der Waals surface area contributed by atoms with Crippen molar-refractivity contribution >= 4 is 11.4 Å². The first kappa shape index (κ1) is 26.9. The minimum atomic E-state index is -2.49. The average molecular weight is 478 g/mol. The number of H-pyrrole nitrogens is 1. The summed E-state index contributed by atoms with van der Waals surface area (Å²) in [4.78, 5) is 27.1. The number of nitrogens with one attached hydrogen (secondary N) is 2. The second-order valence-electron chi connectivity index (χ2n) is 8.13. The SMILES string of the molecule is C1CCCC1.CN(C)C/C=C/C(=O)NCC(F)F.Cn1cc(-c2cn3nccc3c(=O)[nH]2)cn1. The normalized spacial score (nSPS) is 13.1. The molecular formula is C23H33F2N7O2. The number of aryl methyl sites for hydroxylation is 1. The predicted molar refractivity (Wildman–Crippen MR) is 128 cm³/mol. The maximum Gasteiger partial charge on any atom is 0.274 e. The lowest BCUT2D eigenvalue weighted by Gasteiger charge is -2.03. The van der Waals surface area contributed by atoms with Crippen molar-refractivity contribution in [2.45, 2.75) is 38.5 Å². The molecule has 0 bridgehead atoms. The van der Waals surface area contributed by atoms with E-state index in [0.29, 0.717) is 17.8 Å². The third-order valence-electron chi connectivity index (χ3n) is 4.84. The van der Waals surface area contributed by atoms with Crippen LogP contribution in [-0.4, -0.2) is 68.8 Å². The molecule has 0 atom stereocenters. The van der Waals surface area contributed by atoms with E-state index < -0.39 is 18.9 Å². The standard InChI is InChI=1S/C10H9N5O.C8H14F2N2O.C5H10/c1-14-5-7(4-12-14)8-6-15-9(2-3-11-15)10(16)13-8;1-12(2)5-3-4-8(13)11-6-7(9)10;1-2-4-5-3-1/h2-6H,1H3,(H,13,16);3-4,7H,5-6H2,1-2H3,(H,11,13);1-5H2/b;4-3+;. The Balaban J connectivity index is 0.000000203. The van der Waals surface area contributed by atoms with Gasteiger partial charge in [-0.2, -0.15) is 10.2 Å². The van der Waals surface area contributed by atoms with Gasteiger partial charge in [-0.05, 0) is 20.2 Å². The third-order valence-corrected chi connectivity index (χ3v) is 4.84. The van der Waals surface area contributed by atoms with Crippen LogP contribution in [-0.2, 0) is 11.8 Å². The maximum absolute atomic E-state index is 11.7. The average Bonchev–Trinajstić information content (AvgIpc) is 3.55. The van der Waals surface area contributed by atoms with Crippen molar-refractivity contribution in [2.75, 3.05) is 27.2 Å². The van der Waals surface area contributed by atoms with Crippen LogP contribution < -0.4 is 10.9 Å². The van der Waals surface area contributed by atoms with E-state index in [9.17, 15) is 18.4 Å². The molecule has 186 valence electrons. The highest BCUT2D eigenvalue weighted by atomic mass is 19.3. The summed E-state index contributed by atoms with van der Waals surface area (Å²) in [6, 6.07) is 1.67. The molecule has 1 amide bonds. The Morgan fingerprint density at radius 3 is 2.44 bits per heavy atom. The molecule has 3 heterocycles. The first-order valence-corrected chi connectivity index (χ1v) is 11.2. The Kier molecular flexibility index (Phi) is 11.1. The van der Waals surface area contributed by atoms with E-state index >= 15 is 0 Å². The Hall–Kier alpha value is -3.34. The van der Waals surface area contributed by atoms with Crippen molar-refractivity contribution in [2.24, 2.45) is 7.05 Å². The molecule has 1 aliphatic rings. The summed E-state index contributed by atoms with van der Waals surface area (Å²) in [5.41, 5.74) is 1.94. The van der Waals surface area contributed by atoms with Crippen molar-refractivity contribution in [3.8, 4) is 11.3 Å². The summed E-state index contributed by atoms with van der Waals surface area (Å²) in [5, 5.41) is 10.2. The number of carbonyl (C=O) groups is 1. The van der Waals surface area contributed by atoms with Crippen molar-refractivity contribution in [1.82, 2.24) is 34.6 Å². The summed E-state index contributed by atoms with van der Waals surface area (Å²) >= 11 is 0. The van der Waals surface area contributed by atoms with Gasteiger partial charge in [0.05, 0.1) is 30.8 Å². The zero-order valence-electron chi connectivity index (χ0n) is 19.9. The fourth-order valence-electron chi connectivity index (χ4n) is 3.14. The van der Waals surface area contributed by atoms with Gasteiger partial charge in [0.25, 0.3) is 12.0 Å². The van der Waals surface area contributed by atoms with Crippen LogP contribution in [0.25, 0.3) is 16.8 Å². The molecule has 4 rings (SSSR count). The lowest BCUT2D eigenvalue weighted by Crippen LogP contribution is -2.26. The predicted octanol–water partition coefficient (Wildman–Crippen LogP) is 2.86. The number of amides is 1. The molecule has 0 saturated heterocycles. The van der Waals surface area contributed by atoms with Crippen molar-refractivity contribution in [3.05, 3.63) is 53.4 Å². The number of fused-ring (bicyclic) bond motifs is 1. The lowest BCUT2D eigenvalue weighted by molar-refractivity contribution is -0.117. The van der Waals surface area contributed by atoms with E-state index in [1.54, 1.807) is 39.9 Å². The largest absolute Gasteiger partial charge is 0.347 e. The molecule has 9 nitrogen and oxygen atoms in total. The van der Waals surface area contributed by atoms with Gasteiger partial charge >= 0.3 is 0 Å². The quantitative estimate of drug-likeness (QED) is 0.532. The summed E-state index contributed by atoms with van der Waals surface area (Å²) < 4.78 is 26.4. The molecule has 0 spiro atoms. The van der Waals surface area contributed by atoms with Crippen LogP contribution >= 0.6 is 0 Å². The molecule has 3 aromatic heterocycles. The first-order valence-electron chi connectivity index (χ1n) is 11.2. The molecule has 0 radical (unpaired) electrons. The smallest absolute Gasteiger partial charge is 0.274 e. The Morgan fingerprint density at radius 1 is 1.21 bits per heavy atom. The highest BCUT2D eigenvalue weighted by molar-refractivity contribution is 5.87. The molecule has 0 aliphatic heterocycles. The number of hydrogen-bond donors (Lipinski definition) is 2. The Morgan fingerprint density at radius 2 is 1.88 bits per heavy atom. The van der Waals surface area contributed by atoms with Crippen LogP contribution in [0, 0.1) is 0 Å². The summed E-state index contributed by atoms with van der Waals surface area (Å²) in [6.07, 6.45) is 14.8. The minimum Gasteiger partial charge on any atom is -0.347 e. The number of halogens is 2. The van der Waals surface area contributed by atoms with E-state index in [-0.39, 0.29) is 5.56 Å². The summed E-state index contributed by atoms with van der Waals surface area (Å²) in [5.74, 6) is -0.484. The van der Waals surface area contributed by atoms with Crippen LogP contribution in [0.4, 0.5) is 8.78 Å². The van der Waals surface area contributed by atoms with Crippen LogP contribution in [0.2, 0.25) is 0 Å². The van der Waals surface area contributed by atoms with Gasteiger partial charge < -0.3 is 15.2 Å². The minimum absolute atomic E-state index is 0.154. The van der Waals surface area contributed by atoms with Gasteiger partial charge in [-0.25, -0.2) is 13.3 Å². The first-order chi connectivity index (χ1) is 16.3. The van der Waals surface area contributed by atoms with Gasteiger partial charge in [-0.1, -0.05) is 38.2 Å². The Bertz CT molecular complexity index is 1090. The summed E-state index contributed by atoms with van der Waals surface area (Å²) in [6.45, 7) is 0.0211. The molecule has 1 fully saturated rings. The number of alkyl halides is 2. The fourth-order valence-corrected chi connectivity index (χ4v) is 3.14. The van der Waals surface area contributed by atoms with E-state index in [0.717, 1.165) is 5.56 Å². The molecular weight excluding hydrogens is 444 g/mol. The molecule has 34 heavy (non-hydrogen) atoms. The highest BCUT2D eigenvalue weighted by Crippen LogP contribution is 2.15. The number of rotatable bonds is 6. The number of aromatic amines is 1. The van der Waals surface area contributed by atoms with Gasteiger partial charge in [0, 0.05) is 31.4 Å². The van der Waals surface area contributed by atoms with E-state index in [1.807, 2.05) is 32.2 Å². The van der Waals surface area contributed by atoms with E-state index in [4.69, 9.17) is 0 Å². The third kappa shape index (κ3) is 9.65. The zero-order chi connectivity index (χ0) is 24.9. The van der Waals surface area contributed by atoms with Gasteiger partial charge in [0.2, 0.25) is 5.91 Å². The van der Waals surface area contributed by atoms with Crippen LogP contribution in [0.5, 0.6) is 0 Å². The molecule has 0 unspecified atom stereocenters. The number of carbonyl (C=O) groups excluding carboxylic acids is 1. The monoisotopic (exact) mass is 477 g/mol. The van der Waals surface area contributed by atoms with Gasteiger partial charge in [-0.3, -0.25) is 14.3 Å². The molecule has 11 heteroatoms. The van der Waals surface area contributed by atoms with Crippen molar-refractivity contribution < 1.29 is 13.6 Å². The second kappa shape index (κ2) is 14.0. The second-order valence-corrected chi connectivity index (χ2v) is 8.13.